The van der Waals surface area contributed by atoms with Crippen LogP contribution in [-0.4, -0.2) is 46.6 Å². The van der Waals surface area contributed by atoms with Gasteiger partial charge in [-0.2, -0.15) is 0 Å². The Hall–Kier alpha value is -2.89. The van der Waals surface area contributed by atoms with Crippen molar-refractivity contribution in [1.82, 2.24) is 10.6 Å². The second-order valence-electron chi connectivity index (χ2n) is 8.68. The molecule has 1 aromatic carbocycles. The second-order valence-corrected chi connectivity index (χ2v) is 9.66. The zero-order chi connectivity index (χ0) is 25.5. The summed E-state index contributed by atoms with van der Waals surface area (Å²) >= 11 is 1.35. The molecule has 1 fully saturated rings. The third-order valence-corrected chi connectivity index (χ3v) is 7.42. The molecule has 2 aromatic rings. The average Bonchev–Trinajstić information content (AvgIpc) is 3.48. The molecule has 0 radical (unpaired) electrons. The van der Waals surface area contributed by atoms with Gasteiger partial charge in [0.1, 0.15) is 11.9 Å². The number of halogens is 1. The first kappa shape index (κ1) is 26.7. The predicted molar refractivity (Wildman–Crippen MR) is 128 cm³/mol. The van der Waals surface area contributed by atoms with Gasteiger partial charge in [0.15, 0.2) is 0 Å². The standard InChI is InChI=1S/C24H30FN3O6S/c1-3-14(2)23(34-13-15-7-4-5-8-16(15)25)19-21(24(31)26-11-10-18(29)30)27-20(22(19)28(32)33)17-9-6-12-35-17/h4-9,12,14,19-23,27H,3,10-11,13H2,1-2H3,(H,26,31)(H,29,30)/t14-,19+,20+,21-,22-,23+/m0/s1. The lowest BCUT2D eigenvalue weighted by Gasteiger charge is -2.32. The molecule has 0 saturated carbocycles. The van der Waals surface area contributed by atoms with Crippen molar-refractivity contribution in [3.05, 3.63) is 68.2 Å². The van der Waals surface area contributed by atoms with Gasteiger partial charge in [0, 0.05) is 21.9 Å². The molecule has 1 saturated heterocycles. The van der Waals surface area contributed by atoms with E-state index in [4.69, 9.17) is 9.84 Å². The monoisotopic (exact) mass is 507 g/mol. The van der Waals surface area contributed by atoms with Crippen molar-refractivity contribution in [2.45, 2.75) is 57.5 Å². The number of aliphatic carboxylic acids is 1. The van der Waals surface area contributed by atoms with E-state index in [1.807, 2.05) is 19.2 Å². The van der Waals surface area contributed by atoms with Crippen LogP contribution < -0.4 is 10.6 Å². The highest BCUT2D eigenvalue weighted by Crippen LogP contribution is 2.41. The molecule has 0 aliphatic carbocycles. The van der Waals surface area contributed by atoms with Crippen molar-refractivity contribution in [2.24, 2.45) is 11.8 Å². The van der Waals surface area contributed by atoms with Gasteiger partial charge in [-0.3, -0.25) is 25.0 Å². The Morgan fingerprint density at radius 1 is 1.31 bits per heavy atom. The fraction of sp³-hybridized carbons (Fsp3) is 0.500. The summed E-state index contributed by atoms with van der Waals surface area (Å²) in [6.45, 7) is 3.61. The van der Waals surface area contributed by atoms with Crippen LogP contribution in [0.5, 0.6) is 0 Å². The molecule has 35 heavy (non-hydrogen) atoms. The number of ether oxygens (including phenoxy) is 1. The van der Waals surface area contributed by atoms with Crippen LogP contribution in [0.2, 0.25) is 0 Å². The van der Waals surface area contributed by atoms with Gasteiger partial charge in [0.05, 0.1) is 31.1 Å². The molecule has 1 aromatic heterocycles. The van der Waals surface area contributed by atoms with E-state index in [-0.39, 0.29) is 30.4 Å². The fourth-order valence-electron chi connectivity index (χ4n) is 4.53. The third-order valence-electron chi connectivity index (χ3n) is 6.47. The van der Waals surface area contributed by atoms with Crippen LogP contribution in [0.1, 0.15) is 43.2 Å². The number of carbonyl (C=O) groups excluding carboxylic acids is 1. The molecule has 11 heteroatoms. The van der Waals surface area contributed by atoms with E-state index in [0.29, 0.717) is 12.0 Å². The summed E-state index contributed by atoms with van der Waals surface area (Å²) in [5, 5.41) is 28.8. The van der Waals surface area contributed by atoms with Crippen molar-refractivity contribution < 1.29 is 28.7 Å². The molecule has 0 bridgehead atoms. The molecule has 6 atom stereocenters. The first-order chi connectivity index (χ1) is 16.7. The second kappa shape index (κ2) is 12.2. The van der Waals surface area contributed by atoms with Crippen molar-refractivity contribution in [3.8, 4) is 0 Å². The highest BCUT2D eigenvalue weighted by molar-refractivity contribution is 7.10. The number of carbonyl (C=O) groups is 2. The van der Waals surface area contributed by atoms with Gasteiger partial charge in [-0.25, -0.2) is 4.39 Å². The number of hydrogen-bond acceptors (Lipinski definition) is 7. The number of benzene rings is 1. The number of rotatable bonds is 12. The summed E-state index contributed by atoms with van der Waals surface area (Å²) in [5.74, 6) is -3.07. The molecule has 1 aliphatic rings. The minimum atomic E-state index is -1.18. The number of carboxylic acid groups (broad SMARTS) is 1. The maximum absolute atomic E-state index is 14.3. The Bertz CT molecular complexity index is 1020. The third kappa shape index (κ3) is 6.41. The summed E-state index contributed by atoms with van der Waals surface area (Å²) < 4.78 is 20.4. The molecule has 2 heterocycles. The van der Waals surface area contributed by atoms with Gasteiger partial charge in [-0.05, 0) is 23.4 Å². The molecular formula is C24H30FN3O6S. The van der Waals surface area contributed by atoms with Crippen LogP contribution in [0.4, 0.5) is 4.39 Å². The molecule has 3 N–H and O–H groups in total. The van der Waals surface area contributed by atoms with Crippen LogP contribution in [0.25, 0.3) is 0 Å². The first-order valence-electron chi connectivity index (χ1n) is 11.5. The zero-order valence-electron chi connectivity index (χ0n) is 19.6. The Morgan fingerprint density at radius 2 is 2.06 bits per heavy atom. The smallest absolute Gasteiger partial charge is 0.305 e. The highest BCUT2D eigenvalue weighted by Gasteiger charge is 2.58. The lowest BCUT2D eigenvalue weighted by Crippen LogP contribution is -2.51. The lowest BCUT2D eigenvalue weighted by molar-refractivity contribution is -0.535. The van der Waals surface area contributed by atoms with Crippen LogP contribution in [0, 0.1) is 27.8 Å². The largest absolute Gasteiger partial charge is 0.481 e. The van der Waals surface area contributed by atoms with Crippen molar-refractivity contribution in [1.29, 1.82) is 0 Å². The molecule has 3 rings (SSSR count). The predicted octanol–water partition coefficient (Wildman–Crippen LogP) is 3.38. The van der Waals surface area contributed by atoms with Gasteiger partial charge in [0.25, 0.3) is 0 Å². The van der Waals surface area contributed by atoms with Gasteiger partial charge in [0.2, 0.25) is 11.9 Å². The minimum Gasteiger partial charge on any atom is -0.481 e. The van der Waals surface area contributed by atoms with Gasteiger partial charge < -0.3 is 15.2 Å². The summed E-state index contributed by atoms with van der Waals surface area (Å²) in [6.07, 6.45) is -0.378. The van der Waals surface area contributed by atoms with E-state index in [2.05, 4.69) is 10.6 Å². The Kier molecular flexibility index (Phi) is 9.30. The number of carboxylic acids is 1. The summed E-state index contributed by atoms with van der Waals surface area (Å²) in [4.78, 5) is 36.8. The zero-order valence-corrected chi connectivity index (χ0v) is 20.4. The van der Waals surface area contributed by atoms with Crippen LogP contribution in [0.3, 0.4) is 0 Å². The Morgan fingerprint density at radius 3 is 2.66 bits per heavy atom. The number of nitrogens with zero attached hydrogens (tertiary/aromatic N) is 1. The topological polar surface area (TPSA) is 131 Å². The van der Waals surface area contributed by atoms with Crippen LogP contribution >= 0.6 is 11.3 Å². The minimum absolute atomic E-state index is 0.0976. The van der Waals surface area contributed by atoms with Crippen LogP contribution in [-0.2, 0) is 20.9 Å². The average molecular weight is 508 g/mol. The van der Waals surface area contributed by atoms with E-state index in [1.165, 1.54) is 17.4 Å². The number of nitro groups is 1. The highest BCUT2D eigenvalue weighted by atomic mass is 32.1. The van der Waals surface area contributed by atoms with Crippen molar-refractivity contribution >= 4 is 23.2 Å². The van der Waals surface area contributed by atoms with E-state index in [0.717, 1.165) is 4.88 Å². The normalized spacial score (nSPS) is 23.5. The number of amides is 1. The molecule has 1 aliphatic heterocycles. The van der Waals surface area contributed by atoms with Gasteiger partial charge in [-0.1, -0.05) is 44.5 Å². The first-order valence-corrected chi connectivity index (χ1v) is 12.4. The number of hydrogen-bond donors (Lipinski definition) is 3. The SMILES string of the molecule is CC[C@H](C)[C@@H](OCc1ccccc1F)[C@H]1[C@H]([N+](=O)[O-])[C@@H](c2cccs2)N[C@@H]1C(=O)NCCC(=O)O. The summed E-state index contributed by atoms with van der Waals surface area (Å²) in [7, 11) is 0. The Balaban J connectivity index is 1.96. The maximum Gasteiger partial charge on any atom is 0.305 e. The van der Waals surface area contributed by atoms with Crippen LogP contribution in [0.15, 0.2) is 41.8 Å². The molecule has 190 valence electrons. The molecule has 9 nitrogen and oxygen atoms in total. The molecule has 1 amide bonds. The van der Waals surface area contributed by atoms with E-state index in [9.17, 15) is 24.1 Å². The number of nitrogens with one attached hydrogen (secondary N) is 2. The molecule has 0 spiro atoms. The quantitative estimate of drug-likeness (QED) is 0.296. The Labute approximate surface area is 206 Å². The van der Waals surface area contributed by atoms with E-state index in [1.54, 1.807) is 30.3 Å². The van der Waals surface area contributed by atoms with E-state index >= 15 is 0 Å². The summed E-state index contributed by atoms with van der Waals surface area (Å²) in [6, 6.07) is 6.82. The van der Waals surface area contributed by atoms with Crippen molar-refractivity contribution in [3.63, 3.8) is 0 Å². The lowest BCUT2D eigenvalue weighted by atomic mass is 9.81. The summed E-state index contributed by atoms with van der Waals surface area (Å²) in [5.41, 5.74) is 0.321. The maximum atomic E-state index is 14.3. The van der Waals surface area contributed by atoms with Gasteiger partial charge >= 0.3 is 5.97 Å². The van der Waals surface area contributed by atoms with E-state index < -0.39 is 47.8 Å². The van der Waals surface area contributed by atoms with Crippen molar-refractivity contribution in [2.75, 3.05) is 6.54 Å². The molecular weight excluding hydrogens is 477 g/mol. The fourth-order valence-corrected chi connectivity index (χ4v) is 5.35. The molecule has 0 unspecified atom stereocenters. The number of thiophene rings is 1. The van der Waals surface area contributed by atoms with Gasteiger partial charge in [-0.15, -0.1) is 11.3 Å².